The Morgan fingerprint density at radius 3 is 2.88 bits per heavy atom. The number of hydrogen-bond donors (Lipinski definition) is 0. The molecule has 0 aliphatic carbocycles. The van der Waals surface area contributed by atoms with Crippen LogP contribution in [0.2, 0.25) is 0 Å². The lowest BCUT2D eigenvalue weighted by Gasteiger charge is -2.45. The molecule has 2 saturated heterocycles. The average molecular weight is 226 g/mol. The van der Waals surface area contributed by atoms with Crippen LogP contribution in [0.4, 0.5) is 0 Å². The summed E-state index contributed by atoms with van der Waals surface area (Å²) in [6.07, 6.45) is 3.95. The van der Waals surface area contributed by atoms with Crippen LogP contribution in [0.25, 0.3) is 0 Å². The maximum absolute atomic E-state index is 11.5. The predicted molar refractivity (Wildman–Crippen MR) is 62.3 cm³/mol. The molecule has 92 valence electrons. The van der Waals surface area contributed by atoms with E-state index in [-0.39, 0.29) is 12.0 Å². The van der Waals surface area contributed by atoms with Crippen LogP contribution in [0.3, 0.4) is 0 Å². The zero-order chi connectivity index (χ0) is 11.5. The van der Waals surface area contributed by atoms with Gasteiger partial charge in [-0.2, -0.15) is 0 Å². The van der Waals surface area contributed by atoms with Crippen LogP contribution in [0.5, 0.6) is 0 Å². The maximum Gasteiger partial charge on any atom is 0.322 e. The summed E-state index contributed by atoms with van der Waals surface area (Å²) < 4.78 is 4.81. The van der Waals surface area contributed by atoms with Crippen molar-refractivity contribution in [3.63, 3.8) is 0 Å². The summed E-state index contributed by atoms with van der Waals surface area (Å²) in [5.41, 5.74) is 0. The number of carbonyl (C=O) groups excluding carboxylic acids is 1. The first-order chi connectivity index (χ1) is 7.72. The van der Waals surface area contributed by atoms with Crippen LogP contribution in [0.15, 0.2) is 0 Å². The second-order valence-corrected chi connectivity index (χ2v) is 4.88. The van der Waals surface area contributed by atoms with Crippen LogP contribution in [-0.4, -0.2) is 61.1 Å². The number of nitrogens with zero attached hydrogens (tertiary/aromatic N) is 2. The number of piperazine rings is 1. The molecule has 2 heterocycles. The Morgan fingerprint density at radius 1 is 1.31 bits per heavy atom. The van der Waals surface area contributed by atoms with E-state index in [0.717, 1.165) is 19.6 Å². The molecule has 0 N–H and O–H groups in total. The number of rotatable bonds is 2. The molecule has 0 aromatic heterocycles. The molecular weight excluding hydrogens is 204 g/mol. The fourth-order valence-electron chi connectivity index (χ4n) is 2.85. The molecular formula is C12H22N2O2. The summed E-state index contributed by atoms with van der Waals surface area (Å²) in [5, 5.41) is 0. The van der Waals surface area contributed by atoms with Crippen LogP contribution < -0.4 is 0 Å². The number of piperidine rings is 1. The van der Waals surface area contributed by atoms with Crippen LogP contribution in [0.1, 0.15) is 26.2 Å². The molecule has 0 spiro atoms. The molecule has 2 aliphatic rings. The number of esters is 1. The molecule has 0 amide bonds. The van der Waals surface area contributed by atoms with Crippen molar-refractivity contribution in [2.24, 2.45) is 0 Å². The van der Waals surface area contributed by atoms with Gasteiger partial charge in [0.05, 0.1) is 7.11 Å². The van der Waals surface area contributed by atoms with E-state index in [4.69, 9.17) is 4.74 Å². The molecule has 2 atom stereocenters. The highest BCUT2D eigenvalue weighted by Gasteiger charge is 2.32. The lowest BCUT2D eigenvalue weighted by molar-refractivity contribution is -0.147. The number of carbonyl (C=O) groups is 1. The zero-order valence-electron chi connectivity index (χ0n) is 10.3. The molecule has 0 aromatic carbocycles. The Hall–Kier alpha value is -0.610. The lowest BCUT2D eigenvalue weighted by atomic mass is 9.99. The highest BCUT2D eigenvalue weighted by Crippen LogP contribution is 2.22. The number of hydrogen-bond acceptors (Lipinski definition) is 4. The minimum Gasteiger partial charge on any atom is -0.468 e. The maximum atomic E-state index is 11.5. The predicted octanol–water partition coefficient (Wildman–Crippen LogP) is 0.718. The molecule has 4 heteroatoms. The molecule has 0 saturated carbocycles. The van der Waals surface area contributed by atoms with Crippen LogP contribution in [0, 0.1) is 0 Å². The molecule has 2 unspecified atom stereocenters. The monoisotopic (exact) mass is 226 g/mol. The third kappa shape index (κ3) is 2.38. The van der Waals surface area contributed by atoms with Gasteiger partial charge in [-0.25, -0.2) is 0 Å². The van der Waals surface area contributed by atoms with Crippen molar-refractivity contribution in [1.82, 2.24) is 9.80 Å². The number of methoxy groups -OCH3 is 1. The fraction of sp³-hybridized carbons (Fsp3) is 0.917. The quantitative estimate of drug-likeness (QED) is 0.650. The van der Waals surface area contributed by atoms with Crippen molar-refractivity contribution in [2.45, 2.75) is 38.3 Å². The molecule has 2 aliphatic heterocycles. The smallest absolute Gasteiger partial charge is 0.322 e. The minimum atomic E-state index is -0.107. The topological polar surface area (TPSA) is 32.8 Å². The van der Waals surface area contributed by atoms with Gasteiger partial charge in [-0.05, 0) is 26.3 Å². The Bertz CT molecular complexity index is 257. The Balaban J connectivity index is 1.91. The zero-order valence-corrected chi connectivity index (χ0v) is 10.3. The van der Waals surface area contributed by atoms with E-state index in [9.17, 15) is 4.79 Å². The largest absolute Gasteiger partial charge is 0.468 e. The van der Waals surface area contributed by atoms with Crippen molar-refractivity contribution in [3.05, 3.63) is 0 Å². The standard InChI is InChI=1S/C12H22N2O2/c1-10(12(15)16-2)14-8-7-13-6-4-3-5-11(13)9-14/h10-11H,3-9H2,1-2H3. The van der Waals surface area contributed by atoms with E-state index < -0.39 is 0 Å². The van der Waals surface area contributed by atoms with E-state index in [1.54, 1.807) is 0 Å². The van der Waals surface area contributed by atoms with Gasteiger partial charge in [0.15, 0.2) is 0 Å². The Kier molecular flexibility index (Phi) is 3.82. The van der Waals surface area contributed by atoms with Crippen molar-refractivity contribution in [1.29, 1.82) is 0 Å². The normalized spacial score (nSPS) is 29.5. The summed E-state index contributed by atoms with van der Waals surface area (Å²) in [7, 11) is 1.47. The Labute approximate surface area is 97.5 Å². The number of fused-ring (bicyclic) bond motifs is 1. The second kappa shape index (κ2) is 5.15. The molecule has 0 bridgehead atoms. The van der Waals surface area contributed by atoms with E-state index >= 15 is 0 Å². The van der Waals surface area contributed by atoms with Crippen molar-refractivity contribution in [3.8, 4) is 0 Å². The third-order valence-electron chi connectivity index (χ3n) is 3.96. The van der Waals surface area contributed by atoms with Crippen molar-refractivity contribution in [2.75, 3.05) is 33.3 Å². The minimum absolute atomic E-state index is 0.0888. The molecule has 0 aromatic rings. The molecule has 0 radical (unpaired) electrons. The van der Waals surface area contributed by atoms with Gasteiger partial charge >= 0.3 is 5.97 Å². The van der Waals surface area contributed by atoms with Gasteiger partial charge in [0.1, 0.15) is 6.04 Å². The summed E-state index contributed by atoms with van der Waals surface area (Å²) >= 11 is 0. The van der Waals surface area contributed by atoms with E-state index in [2.05, 4.69) is 9.80 Å². The van der Waals surface area contributed by atoms with Gasteiger partial charge in [0, 0.05) is 25.7 Å². The summed E-state index contributed by atoms with van der Waals surface area (Å²) in [6, 6.07) is 0.573. The third-order valence-corrected chi connectivity index (χ3v) is 3.96. The highest BCUT2D eigenvalue weighted by molar-refractivity contribution is 5.75. The van der Waals surface area contributed by atoms with Crippen molar-refractivity contribution < 1.29 is 9.53 Å². The van der Waals surface area contributed by atoms with Gasteiger partial charge in [0.25, 0.3) is 0 Å². The lowest BCUT2D eigenvalue weighted by Crippen LogP contribution is -2.58. The SMILES string of the molecule is COC(=O)C(C)N1CCN2CCCCC2C1. The average Bonchev–Trinajstić information content (AvgIpc) is 2.36. The molecule has 2 rings (SSSR count). The number of ether oxygens (including phenoxy) is 1. The van der Waals surface area contributed by atoms with Gasteiger partial charge in [-0.15, -0.1) is 0 Å². The van der Waals surface area contributed by atoms with Gasteiger partial charge in [0.2, 0.25) is 0 Å². The van der Waals surface area contributed by atoms with Crippen LogP contribution in [-0.2, 0) is 9.53 Å². The first-order valence-electron chi connectivity index (χ1n) is 6.28. The molecule has 16 heavy (non-hydrogen) atoms. The highest BCUT2D eigenvalue weighted by atomic mass is 16.5. The van der Waals surface area contributed by atoms with E-state index in [1.807, 2.05) is 6.92 Å². The first kappa shape index (κ1) is 11.9. The van der Waals surface area contributed by atoms with Gasteiger partial charge in [-0.1, -0.05) is 6.42 Å². The van der Waals surface area contributed by atoms with Crippen molar-refractivity contribution >= 4 is 5.97 Å². The molecule has 2 fully saturated rings. The summed E-state index contributed by atoms with van der Waals surface area (Å²) in [6.45, 7) is 6.31. The second-order valence-electron chi connectivity index (χ2n) is 4.88. The first-order valence-corrected chi connectivity index (χ1v) is 6.28. The summed E-state index contributed by atoms with van der Waals surface area (Å²) in [4.78, 5) is 16.3. The van der Waals surface area contributed by atoms with Gasteiger partial charge in [-0.3, -0.25) is 14.6 Å². The van der Waals surface area contributed by atoms with E-state index in [1.165, 1.54) is 32.9 Å². The van der Waals surface area contributed by atoms with E-state index in [0.29, 0.717) is 6.04 Å². The fourth-order valence-corrected chi connectivity index (χ4v) is 2.85. The Morgan fingerprint density at radius 2 is 2.12 bits per heavy atom. The van der Waals surface area contributed by atoms with Crippen LogP contribution >= 0.6 is 0 Å². The van der Waals surface area contributed by atoms with Gasteiger partial charge < -0.3 is 4.74 Å². The molecule has 4 nitrogen and oxygen atoms in total. The summed E-state index contributed by atoms with van der Waals surface area (Å²) in [5.74, 6) is -0.107.